The Morgan fingerprint density at radius 1 is 1.31 bits per heavy atom. The molecule has 1 saturated heterocycles. The van der Waals surface area contributed by atoms with E-state index in [4.69, 9.17) is 14.5 Å². The molecule has 1 fully saturated rings. The number of hydrogen-bond donors (Lipinski definition) is 2. The fourth-order valence-electron chi connectivity index (χ4n) is 3.57. The van der Waals surface area contributed by atoms with Gasteiger partial charge in [0.1, 0.15) is 17.6 Å². The Balaban J connectivity index is 1.67. The summed E-state index contributed by atoms with van der Waals surface area (Å²) in [6, 6.07) is 13.8. The van der Waals surface area contributed by atoms with Gasteiger partial charge < -0.3 is 24.8 Å². The van der Waals surface area contributed by atoms with Gasteiger partial charge in [-0.15, -0.1) is 0 Å². The van der Waals surface area contributed by atoms with Crippen LogP contribution in [0.15, 0.2) is 47.5 Å². The number of aromatic hydroxyl groups is 1. The molecule has 2 aromatic carbocycles. The molecule has 2 aromatic rings. The van der Waals surface area contributed by atoms with Gasteiger partial charge in [0.05, 0.1) is 20.3 Å². The maximum atomic E-state index is 10.2. The van der Waals surface area contributed by atoms with E-state index >= 15 is 0 Å². The summed E-state index contributed by atoms with van der Waals surface area (Å²) in [5, 5.41) is 13.6. The minimum absolute atomic E-state index is 0.0411. The van der Waals surface area contributed by atoms with Crippen LogP contribution in [0.3, 0.4) is 0 Å². The van der Waals surface area contributed by atoms with E-state index in [1.165, 1.54) is 11.1 Å². The monoisotopic (exact) mass is 397 g/mol. The molecule has 156 valence electrons. The molecule has 0 saturated carbocycles. The minimum Gasteiger partial charge on any atom is -0.508 e. The number of nitrogens with zero attached hydrogens (tertiary/aromatic N) is 2. The van der Waals surface area contributed by atoms with Gasteiger partial charge in [-0.05, 0) is 43.0 Å². The quantitative estimate of drug-likeness (QED) is 0.578. The van der Waals surface area contributed by atoms with Crippen molar-refractivity contribution < 1.29 is 14.6 Å². The molecule has 29 heavy (non-hydrogen) atoms. The highest BCUT2D eigenvalue weighted by atomic mass is 16.5. The highest BCUT2D eigenvalue weighted by Crippen LogP contribution is 2.25. The third-order valence-corrected chi connectivity index (χ3v) is 5.17. The summed E-state index contributed by atoms with van der Waals surface area (Å²) < 4.78 is 11.2. The van der Waals surface area contributed by atoms with Crippen molar-refractivity contribution in [2.45, 2.75) is 26.4 Å². The summed E-state index contributed by atoms with van der Waals surface area (Å²) in [5.74, 6) is 1.79. The average Bonchev–Trinajstić information content (AvgIpc) is 2.74. The van der Waals surface area contributed by atoms with E-state index < -0.39 is 0 Å². The average molecular weight is 398 g/mol. The number of guanidine groups is 1. The molecule has 1 aliphatic rings. The molecule has 6 nitrogen and oxygen atoms in total. The molecule has 0 bridgehead atoms. The predicted molar refractivity (Wildman–Crippen MR) is 116 cm³/mol. The van der Waals surface area contributed by atoms with E-state index in [0.29, 0.717) is 25.3 Å². The van der Waals surface area contributed by atoms with Crippen molar-refractivity contribution in [1.82, 2.24) is 10.2 Å². The Morgan fingerprint density at radius 3 is 2.86 bits per heavy atom. The molecule has 6 heteroatoms. The zero-order valence-corrected chi connectivity index (χ0v) is 17.5. The number of aliphatic imine (C=N–C) groups is 1. The summed E-state index contributed by atoms with van der Waals surface area (Å²) in [7, 11) is 1.59. The second-order valence-electron chi connectivity index (χ2n) is 7.14. The number of benzene rings is 2. The van der Waals surface area contributed by atoms with Crippen LogP contribution >= 0.6 is 0 Å². The van der Waals surface area contributed by atoms with E-state index in [1.54, 1.807) is 13.2 Å². The molecule has 0 amide bonds. The Morgan fingerprint density at radius 2 is 2.14 bits per heavy atom. The lowest BCUT2D eigenvalue weighted by molar-refractivity contribution is -0.00832. The van der Waals surface area contributed by atoms with Crippen LogP contribution in [0.4, 0.5) is 0 Å². The first-order valence-corrected chi connectivity index (χ1v) is 10.2. The molecular formula is C23H31N3O3. The Bertz CT molecular complexity index is 838. The first-order valence-electron chi connectivity index (χ1n) is 10.2. The van der Waals surface area contributed by atoms with Gasteiger partial charge in [0.15, 0.2) is 5.96 Å². The number of hydrogen-bond acceptors (Lipinski definition) is 4. The Kier molecular flexibility index (Phi) is 7.36. The second-order valence-corrected chi connectivity index (χ2v) is 7.14. The lowest BCUT2D eigenvalue weighted by Gasteiger charge is -2.35. The first-order chi connectivity index (χ1) is 14.1. The van der Waals surface area contributed by atoms with Crippen LogP contribution in [0.1, 0.15) is 29.7 Å². The van der Waals surface area contributed by atoms with E-state index in [9.17, 15) is 5.11 Å². The fraction of sp³-hybridized carbons (Fsp3) is 0.435. The van der Waals surface area contributed by atoms with Gasteiger partial charge in [0.2, 0.25) is 0 Å². The maximum Gasteiger partial charge on any atom is 0.194 e. The van der Waals surface area contributed by atoms with Crippen LogP contribution < -0.4 is 10.1 Å². The number of phenols is 1. The van der Waals surface area contributed by atoms with Crippen LogP contribution in [-0.4, -0.2) is 55.9 Å². The number of phenolic OH excluding ortho intramolecular Hbond substituents is 1. The largest absolute Gasteiger partial charge is 0.508 e. The topological polar surface area (TPSA) is 66.3 Å². The van der Waals surface area contributed by atoms with Gasteiger partial charge >= 0.3 is 0 Å². The smallest absolute Gasteiger partial charge is 0.194 e. The van der Waals surface area contributed by atoms with Gasteiger partial charge in [0, 0.05) is 25.7 Å². The van der Waals surface area contributed by atoms with Crippen LogP contribution in [0, 0.1) is 6.92 Å². The summed E-state index contributed by atoms with van der Waals surface area (Å²) in [5.41, 5.74) is 3.35. The number of morpholine rings is 1. The zero-order valence-electron chi connectivity index (χ0n) is 17.5. The first kappa shape index (κ1) is 21.0. The van der Waals surface area contributed by atoms with Gasteiger partial charge in [-0.2, -0.15) is 0 Å². The van der Waals surface area contributed by atoms with Crippen molar-refractivity contribution in [3.63, 3.8) is 0 Å². The molecule has 1 atom stereocenters. The van der Waals surface area contributed by atoms with Crippen molar-refractivity contribution in [3.8, 4) is 11.5 Å². The van der Waals surface area contributed by atoms with E-state index in [2.05, 4.69) is 48.3 Å². The summed E-state index contributed by atoms with van der Waals surface area (Å²) in [4.78, 5) is 7.06. The van der Waals surface area contributed by atoms with Crippen LogP contribution in [0.5, 0.6) is 11.5 Å². The number of aryl methyl sites for hydroxylation is 1. The number of ether oxygens (including phenoxy) is 2. The predicted octanol–water partition coefficient (Wildman–Crippen LogP) is 3.29. The molecule has 0 aromatic heterocycles. The SMILES string of the molecule is CCNC(=NCCc1ccc(OC)cc1O)N1CCOC(c2ccccc2C)C1. The fourth-order valence-corrected chi connectivity index (χ4v) is 3.57. The van der Waals surface area contributed by atoms with Gasteiger partial charge in [-0.1, -0.05) is 30.3 Å². The van der Waals surface area contributed by atoms with Crippen molar-refractivity contribution in [2.75, 3.05) is 39.9 Å². The maximum absolute atomic E-state index is 10.2. The van der Waals surface area contributed by atoms with Gasteiger partial charge in [0.25, 0.3) is 0 Å². The lowest BCUT2D eigenvalue weighted by Crippen LogP contribution is -2.48. The Labute approximate surface area is 173 Å². The normalized spacial score (nSPS) is 17.3. The van der Waals surface area contributed by atoms with Crippen LogP contribution in [0.2, 0.25) is 0 Å². The van der Waals surface area contributed by atoms with Crippen molar-refractivity contribution in [1.29, 1.82) is 0 Å². The van der Waals surface area contributed by atoms with Crippen molar-refractivity contribution in [3.05, 3.63) is 59.2 Å². The molecule has 1 heterocycles. The number of methoxy groups -OCH3 is 1. The molecule has 0 aliphatic carbocycles. The van der Waals surface area contributed by atoms with Crippen molar-refractivity contribution in [2.24, 2.45) is 4.99 Å². The van der Waals surface area contributed by atoms with Gasteiger partial charge in [-0.3, -0.25) is 4.99 Å². The molecular weight excluding hydrogens is 366 g/mol. The Hall–Kier alpha value is -2.73. The van der Waals surface area contributed by atoms with Crippen molar-refractivity contribution >= 4 is 5.96 Å². The van der Waals surface area contributed by atoms with Gasteiger partial charge in [-0.25, -0.2) is 0 Å². The van der Waals surface area contributed by atoms with E-state index in [-0.39, 0.29) is 11.9 Å². The molecule has 1 unspecified atom stereocenters. The third-order valence-electron chi connectivity index (χ3n) is 5.17. The molecule has 3 rings (SSSR count). The van der Waals surface area contributed by atoms with Crippen LogP contribution in [-0.2, 0) is 11.2 Å². The van der Waals surface area contributed by atoms with E-state index in [0.717, 1.165) is 31.2 Å². The number of nitrogens with one attached hydrogen (secondary N) is 1. The minimum atomic E-state index is 0.0411. The molecule has 2 N–H and O–H groups in total. The molecule has 0 radical (unpaired) electrons. The highest BCUT2D eigenvalue weighted by Gasteiger charge is 2.25. The lowest BCUT2D eigenvalue weighted by atomic mass is 10.0. The van der Waals surface area contributed by atoms with Crippen LogP contribution in [0.25, 0.3) is 0 Å². The number of rotatable bonds is 6. The highest BCUT2D eigenvalue weighted by molar-refractivity contribution is 5.80. The second kappa shape index (κ2) is 10.2. The zero-order chi connectivity index (χ0) is 20.6. The molecule has 1 aliphatic heterocycles. The summed E-state index contributed by atoms with van der Waals surface area (Å²) >= 11 is 0. The molecule has 0 spiro atoms. The van der Waals surface area contributed by atoms with E-state index in [1.807, 2.05) is 12.1 Å². The summed E-state index contributed by atoms with van der Waals surface area (Å²) in [6.07, 6.45) is 0.704. The standard InChI is InChI=1S/C23H31N3O3/c1-4-24-23(25-12-11-18-9-10-19(28-3)15-21(18)27)26-13-14-29-22(16-26)20-8-6-5-7-17(20)2/h5-10,15,22,27H,4,11-14,16H2,1-3H3,(H,24,25). The summed E-state index contributed by atoms with van der Waals surface area (Å²) in [6.45, 7) is 7.84. The third kappa shape index (κ3) is 5.41.